The van der Waals surface area contributed by atoms with Gasteiger partial charge in [-0.1, -0.05) is 29.8 Å². The van der Waals surface area contributed by atoms with Crippen LogP contribution in [-0.4, -0.2) is 25.0 Å². The summed E-state index contributed by atoms with van der Waals surface area (Å²) < 4.78 is 0. The van der Waals surface area contributed by atoms with E-state index in [0.29, 0.717) is 6.04 Å². The van der Waals surface area contributed by atoms with Gasteiger partial charge in [0.25, 0.3) is 0 Å². The molecule has 1 aromatic carbocycles. The van der Waals surface area contributed by atoms with E-state index >= 15 is 0 Å². The molecule has 13 heavy (non-hydrogen) atoms. The van der Waals surface area contributed by atoms with E-state index in [1.54, 1.807) is 0 Å². The summed E-state index contributed by atoms with van der Waals surface area (Å²) in [6, 6.07) is 9.41. The highest BCUT2D eigenvalue weighted by Gasteiger charge is 2.04. The Kier molecular flexibility index (Phi) is 3.49. The van der Waals surface area contributed by atoms with Crippen molar-refractivity contribution in [2.24, 2.45) is 0 Å². The molecule has 1 rings (SSSR count). The van der Waals surface area contributed by atoms with Crippen molar-refractivity contribution >= 4 is 0 Å². The monoisotopic (exact) mass is 177 g/mol. The van der Waals surface area contributed by atoms with Crippen molar-refractivity contribution < 1.29 is 0 Å². The molecule has 1 atom stereocenters. The van der Waals surface area contributed by atoms with Crippen molar-refractivity contribution in [3.63, 3.8) is 0 Å². The normalized spacial score (nSPS) is 13.3. The molecule has 0 unspecified atom stereocenters. The first-order valence-corrected chi connectivity index (χ1v) is 4.81. The third-order valence-corrected chi connectivity index (χ3v) is 2.53. The van der Waals surface area contributed by atoms with Crippen LogP contribution in [0.4, 0.5) is 0 Å². The van der Waals surface area contributed by atoms with E-state index in [0.717, 1.165) is 6.42 Å². The molecule has 0 N–H and O–H groups in total. The fourth-order valence-electron chi connectivity index (χ4n) is 1.25. The van der Waals surface area contributed by atoms with Gasteiger partial charge in [-0.05, 0) is 39.9 Å². The molecule has 0 spiro atoms. The molecular weight excluding hydrogens is 158 g/mol. The molecule has 0 aliphatic carbocycles. The number of nitrogens with zero attached hydrogens (tertiary/aromatic N) is 1. The second kappa shape index (κ2) is 4.43. The van der Waals surface area contributed by atoms with Crippen molar-refractivity contribution in [2.45, 2.75) is 26.3 Å². The molecular formula is C12H19N. The molecule has 0 fully saturated rings. The van der Waals surface area contributed by atoms with E-state index in [4.69, 9.17) is 0 Å². The lowest BCUT2D eigenvalue weighted by Gasteiger charge is -2.19. The highest BCUT2D eigenvalue weighted by molar-refractivity contribution is 5.21. The average Bonchev–Trinajstić information content (AvgIpc) is 2.08. The first-order chi connectivity index (χ1) is 6.09. The van der Waals surface area contributed by atoms with E-state index < -0.39 is 0 Å². The molecule has 1 aromatic rings. The third-order valence-electron chi connectivity index (χ3n) is 2.53. The Morgan fingerprint density at radius 1 is 1.15 bits per heavy atom. The Bertz CT molecular complexity index is 248. The van der Waals surface area contributed by atoms with Crippen LogP contribution in [0.2, 0.25) is 0 Å². The van der Waals surface area contributed by atoms with Crippen LogP contribution in [0.1, 0.15) is 18.1 Å². The first-order valence-electron chi connectivity index (χ1n) is 4.81. The lowest BCUT2D eigenvalue weighted by Crippen LogP contribution is -2.26. The number of aryl methyl sites for hydroxylation is 1. The highest BCUT2D eigenvalue weighted by Crippen LogP contribution is 2.07. The van der Waals surface area contributed by atoms with Gasteiger partial charge in [-0.2, -0.15) is 0 Å². The van der Waals surface area contributed by atoms with E-state index in [1.807, 2.05) is 0 Å². The summed E-state index contributed by atoms with van der Waals surface area (Å²) >= 11 is 0. The van der Waals surface area contributed by atoms with Gasteiger partial charge in [-0.15, -0.1) is 0 Å². The van der Waals surface area contributed by atoms with Crippen molar-refractivity contribution in [1.82, 2.24) is 4.90 Å². The van der Waals surface area contributed by atoms with Crippen LogP contribution in [0.3, 0.4) is 0 Å². The second-order valence-corrected chi connectivity index (χ2v) is 4.00. The summed E-state index contributed by atoms with van der Waals surface area (Å²) in [6.45, 7) is 4.37. The first kappa shape index (κ1) is 10.3. The molecule has 0 saturated carbocycles. The van der Waals surface area contributed by atoms with Gasteiger partial charge in [-0.3, -0.25) is 0 Å². The SMILES string of the molecule is Cc1ccc(C[C@@H](C)N(C)C)cc1. The van der Waals surface area contributed by atoms with Gasteiger partial charge >= 0.3 is 0 Å². The summed E-state index contributed by atoms with van der Waals surface area (Å²) in [5.74, 6) is 0. The summed E-state index contributed by atoms with van der Waals surface area (Å²) in [5.41, 5.74) is 2.76. The third kappa shape index (κ3) is 3.19. The fourth-order valence-corrected chi connectivity index (χ4v) is 1.25. The molecule has 0 aromatic heterocycles. The molecule has 72 valence electrons. The van der Waals surface area contributed by atoms with Crippen LogP contribution in [0.5, 0.6) is 0 Å². The van der Waals surface area contributed by atoms with Crippen molar-refractivity contribution in [1.29, 1.82) is 0 Å². The molecule has 0 saturated heterocycles. The zero-order valence-corrected chi connectivity index (χ0v) is 9.04. The maximum atomic E-state index is 2.25. The topological polar surface area (TPSA) is 3.24 Å². The number of hydrogen-bond acceptors (Lipinski definition) is 1. The largest absolute Gasteiger partial charge is 0.306 e. The summed E-state index contributed by atoms with van der Waals surface area (Å²) in [6.07, 6.45) is 1.13. The van der Waals surface area contributed by atoms with Gasteiger partial charge in [0.1, 0.15) is 0 Å². The molecule has 0 heterocycles. The Morgan fingerprint density at radius 2 is 1.69 bits per heavy atom. The minimum absolute atomic E-state index is 0.614. The molecule has 0 bridgehead atoms. The van der Waals surface area contributed by atoms with Crippen LogP contribution >= 0.6 is 0 Å². The zero-order valence-electron chi connectivity index (χ0n) is 9.04. The van der Waals surface area contributed by atoms with Crippen LogP contribution in [-0.2, 0) is 6.42 Å². The summed E-state index contributed by atoms with van der Waals surface area (Å²) in [7, 11) is 4.25. The summed E-state index contributed by atoms with van der Waals surface area (Å²) in [5, 5.41) is 0. The molecule has 0 aliphatic heterocycles. The van der Waals surface area contributed by atoms with Crippen molar-refractivity contribution in [3.05, 3.63) is 35.4 Å². The Hall–Kier alpha value is -0.820. The molecule has 0 radical (unpaired) electrons. The van der Waals surface area contributed by atoms with Crippen molar-refractivity contribution in [3.8, 4) is 0 Å². The zero-order chi connectivity index (χ0) is 9.84. The second-order valence-electron chi connectivity index (χ2n) is 4.00. The van der Waals surface area contributed by atoms with E-state index in [-0.39, 0.29) is 0 Å². The Balaban J connectivity index is 2.59. The number of rotatable bonds is 3. The number of benzene rings is 1. The Morgan fingerprint density at radius 3 is 2.15 bits per heavy atom. The minimum atomic E-state index is 0.614. The molecule has 0 aliphatic rings. The molecule has 1 heteroatoms. The average molecular weight is 177 g/mol. The number of hydrogen-bond donors (Lipinski definition) is 0. The maximum absolute atomic E-state index is 2.25. The number of likely N-dealkylation sites (N-methyl/N-ethyl adjacent to an activating group) is 1. The van der Waals surface area contributed by atoms with Crippen LogP contribution < -0.4 is 0 Å². The minimum Gasteiger partial charge on any atom is -0.306 e. The standard InChI is InChI=1S/C12H19N/c1-10-5-7-12(8-6-10)9-11(2)13(3)4/h5-8,11H,9H2,1-4H3/t11-/m1/s1. The van der Waals surface area contributed by atoms with E-state index in [9.17, 15) is 0 Å². The molecule has 1 nitrogen and oxygen atoms in total. The Labute approximate surface area is 81.4 Å². The lowest BCUT2D eigenvalue weighted by molar-refractivity contribution is 0.312. The predicted molar refractivity (Wildman–Crippen MR) is 58.0 cm³/mol. The smallest absolute Gasteiger partial charge is 0.0101 e. The summed E-state index contributed by atoms with van der Waals surface area (Å²) in [4.78, 5) is 2.25. The van der Waals surface area contributed by atoms with E-state index in [1.165, 1.54) is 11.1 Å². The maximum Gasteiger partial charge on any atom is 0.0101 e. The van der Waals surface area contributed by atoms with Gasteiger partial charge < -0.3 is 4.90 Å². The molecule has 0 amide bonds. The van der Waals surface area contributed by atoms with Crippen LogP contribution in [0.15, 0.2) is 24.3 Å². The highest BCUT2D eigenvalue weighted by atomic mass is 15.1. The van der Waals surface area contributed by atoms with E-state index in [2.05, 4.69) is 57.1 Å². The van der Waals surface area contributed by atoms with Crippen LogP contribution in [0, 0.1) is 6.92 Å². The quantitative estimate of drug-likeness (QED) is 0.685. The van der Waals surface area contributed by atoms with Gasteiger partial charge in [0.15, 0.2) is 0 Å². The van der Waals surface area contributed by atoms with Crippen LogP contribution in [0.25, 0.3) is 0 Å². The predicted octanol–water partition coefficient (Wildman–Crippen LogP) is 2.49. The van der Waals surface area contributed by atoms with Gasteiger partial charge in [-0.25, -0.2) is 0 Å². The van der Waals surface area contributed by atoms with Gasteiger partial charge in [0.2, 0.25) is 0 Å². The van der Waals surface area contributed by atoms with Crippen molar-refractivity contribution in [2.75, 3.05) is 14.1 Å². The van der Waals surface area contributed by atoms with Gasteiger partial charge in [0, 0.05) is 6.04 Å². The van der Waals surface area contributed by atoms with Gasteiger partial charge in [0.05, 0.1) is 0 Å². The lowest BCUT2D eigenvalue weighted by atomic mass is 10.1. The fraction of sp³-hybridized carbons (Fsp3) is 0.500.